The van der Waals surface area contributed by atoms with E-state index in [4.69, 9.17) is 21.1 Å². The molecule has 0 aliphatic carbocycles. The van der Waals surface area contributed by atoms with Gasteiger partial charge in [-0.1, -0.05) is 23.7 Å². The summed E-state index contributed by atoms with van der Waals surface area (Å²) in [5.41, 5.74) is 2.64. The number of hydrogen-bond donors (Lipinski definition) is 1. The average molecular weight is 488 g/mol. The van der Waals surface area contributed by atoms with Crippen molar-refractivity contribution in [1.82, 2.24) is 14.7 Å². The van der Waals surface area contributed by atoms with Gasteiger partial charge in [0.25, 0.3) is 0 Å². The molecule has 0 aliphatic heterocycles. The zero-order valence-electron chi connectivity index (χ0n) is 19.7. The van der Waals surface area contributed by atoms with Gasteiger partial charge in [0.2, 0.25) is 0 Å². The van der Waals surface area contributed by atoms with E-state index in [1.54, 1.807) is 64.2 Å². The van der Waals surface area contributed by atoms with Crippen LogP contribution in [-0.4, -0.2) is 40.7 Å². The van der Waals surface area contributed by atoms with Crippen LogP contribution in [0.5, 0.6) is 0 Å². The number of pyridine rings is 1. The van der Waals surface area contributed by atoms with Crippen LogP contribution in [0.4, 0.5) is 9.18 Å². The normalized spacial score (nSPS) is 11.7. The summed E-state index contributed by atoms with van der Waals surface area (Å²) in [6.45, 7) is 7.43. The highest BCUT2D eigenvalue weighted by atomic mass is 35.5. The Morgan fingerprint density at radius 1 is 1.24 bits per heavy atom. The fourth-order valence-electron chi connectivity index (χ4n) is 3.43. The van der Waals surface area contributed by atoms with Crippen LogP contribution in [0.3, 0.4) is 0 Å². The van der Waals surface area contributed by atoms with Gasteiger partial charge in [0.15, 0.2) is 0 Å². The Morgan fingerprint density at radius 2 is 1.97 bits per heavy atom. The molecule has 1 aromatic carbocycles. The fourth-order valence-corrected chi connectivity index (χ4v) is 3.61. The van der Waals surface area contributed by atoms with Crippen LogP contribution in [-0.2, 0) is 15.9 Å². The molecule has 0 aliphatic rings. The molecule has 9 heteroatoms. The van der Waals surface area contributed by atoms with Gasteiger partial charge in [-0.2, -0.15) is 0 Å². The predicted octanol–water partition coefficient (Wildman–Crippen LogP) is 5.46. The molecule has 180 valence electrons. The number of nitrogens with one attached hydrogen (secondary N) is 1. The number of benzene rings is 1. The largest absolute Gasteiger partial charge is 0.465 e. The van der Waals surface area contributed by atoms with Crippen molar-refractivity contribution >= 4 is 41.5 Å². The SMILES string of the molecule is COC(=O)c1ccn2c(CCNC(=O)OC(C)(C)C)c(/C=C/c3cccc(Cl)c3F)nc2c1C. The predicted molar refractivity (Wildman–Crippen MR) is 130 cm³/mol. The molecule has 3 rings (SSSR count). The molecule has 0 unspecified atom stereocenters. The lowest BCUT2D eigenvalue weighted by Gasteiger charge is -2.19. The average Bonchev–Trinajstić information content (AvgIpc) is 3.12. The smallest absolute Gasteiger partial charge is 0.407 e. The van der Waals surface area contributed by atoms with E-state index in [1.165, 1.54) is 13.2 Å². The summed E-state index contributed by atoms with van der Waals surface area (Å²) in [7, 11) is 1.32. The Kier molecular flexibility index (Phi) is 7.61. The zero-order chi connectivity index (χ0) is 25.0. The highest BCUT2D eigenvalue weighted by molar-refractivity contribution is 6.30. The maximum Gasteiger partial charge on any atom is 0.407 e. The van der Waals surface area contributed by atoms with E-state index in [2.05, 4.69) is 10.3 Å². The van der Waals surface area contributed by atoms with Crippen molar-refractivity contribution in [3.63, 3.8) is 0 Å². The molecule has 1 amide bonds. The summed E-state index contributed by atoms with van der Waals surface area (Å²) in [4.78, 5) is 28.9. The number of ether oxygens (including phenoxy) is 2. The molecule has 0 saturated heterocycles. The fraction of sp³-hybridized carbons (Fsp3) is 0.320. The molecule has 34 heavy (non-hydrogen) atoms. The summed E-state index contributed by atoms with van der Waals surface area (Å²) >= 11 is 5.89. The molecule has 7 nitrogen and oxygen atoms in total. The maximum atomic E-state index is 14.4. The van der Waals surface area contributed by atoms with Crippen molar-refractivity contribution in [2.75, 3.05) is 13.7 Å². The van der Waals surface area contributed by atoms with Crippen molar-refractivity contribution in [3.8, 4) is 0 Å². The van der Waals surface area contributed by atoms with Gasteiger partial charge in [-0.25, -0.2) is 19.0 Å². The standard InChI is InChI=1S/C25H27ClFN3O4/c1-15-17(23(31)33-5)12-14-30-20(11-13-28-24(32)34-25(2,3)4)19(29-22(15)30)10-9-16-7-6-8-18(26)21(16)27/h6-10,12,14H,11,13H2,1-5H3,(H,28,32)/b10-9+. The van der Waals surface area contributed by atoms with Gasteiger partial charge in [-0.05, 0) is 52.0 Å². The van der Waals surface area contributed by atoms with Crippen LogP contribution in [0.1, 0.15) is 53.6 Å². The third-order valence-corrected chi connectivity index (χ3v) is 5.30. The first-order valence-electron chi connectivity index (χ1n) is 10.7. The molecule has 0 spiro atoms. The van der Waals surface area contributed by atoms with E-state index in [0.29, 0.717) is 34.5 Å². The van der Waals surface area contributed by atoms with Gasteiger partial charge in [0.05, 0.1) is 29.1 Å². The summed E-state index contributed by atoms with van der Waals surface area (Å²) in [5, 5.41) is 2.76. The van der Waals surface area contributed by atoms with Gasteiger partial charge < -0.3 is 19.2 Å². The Labute approximate surface area is 202 Å². The number of esters is 1. The lowest BCUT2D eigenvalue weighted by Crippen LogP contribution is -2.33. The quantitative estimate of drug-likeness (QED) is 0.467. The molecule has 2 heterocycles. The summed E-state index contributed by atoms with van der Waals surface area (Å²) < 4.78 is 26.3. The molecule has 3 aromatic rings. The van der Waals surface area contributed by atoms with Crippen molar-refractivity contribution in [2.24, 2.45) is 0 Å². The molecule has 0 atom stereocenters. The number of rotatable bonds is 6. The van der Waals surface area contributed by atoms with Crippen LogP contribution in [0, 0.1) is 12.7 Å². The Hall–Kier alpha value is -3.39. The number of carbonyl (C=O) groups excluding carboxylic acids is 2. The van der Waals surface area contributed by atoms with Gasteiger partial charge in [-0.15, -0.1) is 0 Å². The number of hydrogen-bond acceptors (Lipinski definition) is 5. The van der Waals surface area contributed by atoms with Gasteiger partial charge >= 0.3 is 12.1 Å². The number of nitrogens with zero attached hydrogens (tertiary/aromatic N) is 2. The van der Waals surface area contributed by atoms with Gasteiger partial charge in [-0.3, -0.25) is 0 Å². The minimum absolute atomic E-state index is 0.0255. The number of aryl methyl sites for hydroxylation is 1. The number of carbonyl (C=O) groups is 2. The van der Waals surface area contributed by atoms with E-state index in [-0.39, 0.29) is 11.6 Å². The van der Waals surface area contributed by atoms with Crippen LogP contribution < -0.4 is 5.32 Å². The lowest BCUT2D eigenvalue weighted by atomic mass is 10.1. The highest BCUT2D eigenvalue weighted by Gasteiger charge is 2.19. The minimum Gasteiger partial charge on any atom is -0.465 e. The molecule has 0 fully saturated rings. The Bertz CT molecular complexity index is 1260. The molecule has 0 radical (unpaired) electrons. The summed E-state index contributed by atoms with van der Waals surface area (Å²) in [6.07, 6.45) is 4.88. The van der Waals surface area contributed by atoms with Crippen LogP contribution in [0.2, 0.25) is 5.02 Å². The number of fused-ring (bicyclic) bond motifs is 1. The third-order valence-electron chi connectivity index (χ3n) is 5.01. The van der Waals surface area contributed by atoms with Gasteiger partial charge in [0.1, 0.15) is 17.1 Å². The number of aromatic nitrogens is 2. The molecule has 1 N–H and O–H groups in total. The molecule has 2 aromatic heterocycles. The minimum atomic E-state index is -0.607. The first-order chi connectivity index (χ1) is 16.0. The zero-order valence-corrected chi connectivity index (χ0v) is 20.5. The lowest BCUT2D eigenvalue weighted by molar-refractivity contribution is 0.0527. The monoisotopic (exact) mass is 487 g/mol. The molecular formula is C25H27ClFN3O4. The number of halogens is 2. The molecule has 0 bridgehead atoms. The van der Waals surface area contributed by atoms with E-state index < -0.39 is 23.5 Å². The van der Waals surface area contributed by atoms with Crippen LogP contribution >= 0.6 is 11.6 Å². The van der Waals surface area contributed by atoms with Gasteiger partial charge in [0, 0.05) is 30.3 Å². The second kappa shape index (κ2) is 10.3. The maximum absolute atomic E-state index is 14.4. The number of amides is 1. The number of methoxy groups -OCH3 is 1. The van der Waals surface area contributed by atoms with E-state index in [0.717, 1.165) is 5.69 Å². The van der Waals surface area contributed by atoms with Crippen LogP contribution in [0.25, 0.3) is 17.8 Å². The second-order valence-electron chi connectivity index (χ2n) is 8.64. The first kappa shape index (κ1) is 25.2. The summed E-state index contributed by atoms with van der Waals surface area (Å²) in [6, 6.07) is 6.40. The van der Waals surface area contributed by atoms with Crippen LogP contribution in [0.15, 0.2) is 30.5 Å². The third kappa shape index (κ3) is 5.75. The number of alkyl carbamates (subject to hydrolysis) is 1. The molecular weight excluding hydrogens is 461 g/mol. The van der Waals surface area contributed by atoms with Crippen molar-refractivity contribution < 1.29 is 23.5 Å². The first-order valence-corrected chi connectivity index (χ1v) is 11.1. The van der Waals surface area contributed by atoms with E-state index >= 15 is 0 Å². The highest BCUT2D eigenvalue weighted by Crippen LogP contribution is 2.24. The van der Waals surface area contributed by atoms with E-state index in [1.807, 2.05) is 4.40 Å². The molecule has 0 saturated carbocycles. The Morgan fingerprint density at radius 3 is 2.65 bits per heavy atom. The second-order valence-corrected chi connectivity index (χ2v) is 9.05. The number of imidazole rings is 1. The Balaban J connectivity index is 1.98. The summed E-state index contributed by atoms with van der Waals surface area (Å²) in [5.74, 6) is -0.990. The van der Waals surface area contributed by atoms with E-state index in [9.17, 15) is 14.0 Å². The van der Waals surface area contributed by atoms with Crippen molar-refractivity contribution in [3.05, 3.63) is 69.4 Å². The van der Waals surface area contributed by atoms with Crippen molar-refractivity contribution in [1.29, 1.82) is 0 Å². The topological polar surface area (TPSA) is 81.9 Å². The van der Waals surface area contributed by atoms with Crippen molar-refractivity contribution in [2.45, 2.75) is 39.7 Å².